The van der Waals surface area contributed by atoms with E-state index < -0.39 is 17.7 Å². The summed E-state index contributed by atoms with van der Waals surface area (Å²) in [6.07, 6.45) is -4.84. The lowest BCUT2D eigenvalue weighted by Crippen LogP contribution is -2.56. The molecule has 0 saturated heterocycles. The first kappa shape index (κ1) is 13.7. The quantitative estimate of drug-likeness (QED) is 0.813. The normalized spacial score (nSPS) is 20.6. The van der Waals surface area contributed by atoms with Crippen LogP contribution in [-0.4, -0.2) is 11.8 Å². The molecule has 0 radical (unpaired) electrons. The Bertz CT molecular complexity index is 654. The van der Waals surface area contributed by atoms with E-state index in [1.807, 2.05) is 0 Å². The van der Waals surface area contributed by atoms with Gasteiger partial charge in [0.15, 0.2) is 0 Å². The van der Waals surface area contributed by atoms with Crippen LogP contribution in [0.25, 0.3) is 0 Å². The molecule has 2 nitrogen and oxygen atoms in total. The van der Waals surface area contributed by atoms with Gasteiger partial charge in [-0.25, -0.2) is 4.39 Å². The zero-order chi connectivity index (χ0) is 15.1. The molecule has 3 rings (SSSR count). The third kappa shape index (κ3) is 2.41. The van der Waals surface area contributed by atoms with Crippen LogP contribution in [0.4, 0.5) is 28.9 Å². The molecule has 1 atom stereocenters. The van der Waals surface area contributed by atoms with Gasteiger partial charge in [0.05, 0.1) is 11.4 Å². The number of hydrogen-bond donors (Lipinski definition) is 2. The smallest absolute Gasteiger partial charge is 0.353 e. The molecule has 0 aromatic heterocycles. The molecule has 1 unspecified atom stereocenters. The van der Waals surface area contributed by atoms with Gasteiger partial charge in [0.2, 0.25) is 5.66 Å². The number of nitrogens with one attached hydrogen (secondary N) is 2. The standard InChI is InChI=1S/C15H12F4N2/c16-11-6-7-12-13(8-11)21-14(20-12,15(17,18)19)9-10-4-2-1-3-5-10/h1-8,20-21H,9H2. The van der Waals surface area contributed by atoms with Gasteiger partial charge in [0.1, 0.15) is 5.82 Å². The molecule has 1 aliphatic heterocycles. The van der Waals surface area contributed by atoms with Crippen LogP contribution >= 0.6 is 0 Å². The monoisotopic (exact) mass is 296 g/mol. The Morgan fingerprint density at radius 3 is 2.24 bits per heavy atom. The highest BCUT2D eigenvalue weighted by atomic mass is 19.4. The molecule has 6 heteroatoms. The minimum absolute atomic E-state index is 0.114. The van der Waals surface area contributed by atoms with Gasteiger partial charge in [-0.15, -0.1) is 0 Å². The van der Waals surface area contributed by atoms with Crippen molar-refractivity contribution in [1.82, 2.24) is 0 Å². The molecule has 0 saturated carbocycles. The fourth-order valence-corrected chi connectivity index (χ4v) is 2.45. The van der Waals surface area contributed by atoms with Gasteiger partial charge < -0.3 is 10.6 Å². The molecule has 2 aromatic rings. The lowest BCUT2D eigenvalue weighted by atomic mass is 9.99. The topological polar surface area (TPSA) is 24.1 Å². The first-order valence-electron chi connectivity index (χ1n) is 6.36. The van der Waals surface area contributed by atoms with Gasteiger partial charge >= 0.3 is 6.18 Å². The van der Waals surface area contributed by atoms with Gasteiger partial charge in [-0.2, -0.15) is 13.2 Å². The van der Waals surface area contributed by atoms with Gasteiger partial charge in [-0.3, -0.25) is 0 Å². The maximum Gasteiger partial charge on any atom is 0.430 e. The van der Waals surface area contributed by atoms with E-state index in [0.29, 0.717) is 5.56 Å². The number of alkyl halides is 3. The van der Waals surface area contributed by atoms with Crippen LogP contribution < -0.4 is 10.6 Å². The predicted octanol–water partition coefficient (Wildman–Crippen LogP) is 4.16. The average molecular weight is 296 g/mol. The summed E-state index contributed by atoms with van der Waals surface area (Å²) in [5.41, 5.74) is -1.44. The van der Waals surface area contributed by atoms with Crippen molar-refractivity contribution >= 4 is 11.4 Å². The highest BCUT2D eigenvalue weighted by Crippen LogP contribution is 2.44. The Labute approximate surface area is 118 Å². The van der Waals surface area contributed by atoms with Crippen molar-refractivity contribution < 1.29 is 17.6 Å². The highest BCUT2D eigenvalue weighted by molar-refractivity contribution is 5.76. The van der Waals surface area contributed by atoms with Crippen LogP contribution in [0, 0.1) is 5.82 Å². The largest absolute Gasteiger partial charge is 0.430 e. The van der Waals surface area contributed by atoms with Gasteiger partial charge in [0.25, 0.3) is 0 Å². The number of fused-ring (bicyclic) bond motifs is 1. The van der Waals surface area contributed by atoms with Crippen molar-refractivity contribution in [2.75, 3.05) is 10.6 Å². The van der Waals surface area contributed by atoms with Crippen LogP contribution in [0.15, 0.2) is 48.5 Å². The number of hydrogen-bond acceptors (Lipinski definition) is 2. The molecule has 1 aliphatic rings. The van der Waals surface area contributed by atoms with Crippen LogP contribution in [0.1, 0.15) is 5.56 Å². The first-order chi connectivity index (χ1) is 9.90. The lowest BCUT2D eigenvalue weighted by molar-refractivity contribution is -0.169. The van der Waals surface area contributed by atoms with Crippen LogP contribution in [0.2, 0.25) is 0 Å². The van der Waals surface area contributed by atoms with Crippen molar-refractivity contribution in [3.63, 3.8) is 0 Å². The summed E-state index contributed by atoms with van der Waals surface area (Å²) in [6.45, 7) is 0. The molecule has 0 amide bonds. The third-order valence-electron chi connectivity index (χ3n) is 3.47. The van der Waals surface area contributed by atoms with Gasteiger partial charge in [-0.1, -0.05) is 30.3 Å². The Morgan fingerprint density at radius 2 is 1.57 bits per heavy atom. The zero-order valence-corrected chi connectivity index (χ0v) is 10.8. The molecular formula is C15H12F4N2. The Balaban J connectivity index is 1.98. The number of rotatable bonds is 2. The second-order valence-corrected chi connectivity index (χ2v) is 5.01. The van der Waals surface area contributed by atoms with E-state index in [2.05, 4.69) is 10.6 Å². The van der Waals surface area contributed by atoms with Crippen LogP contribution in [0.5, 0.6) is 0 Å². The molecule has 110 valence electrons. The zero-order valence-electron chi connectivity index (χ0n) is 10.8. The maximum absolute atomic E-state index is 13.5. The van der Waals surface area contributed by atoms with Gasteiger partial charge in [-0.05, 0) is 23.8 Å². The van der Waals surface area contributed by atoms with E-state index in [-0.39, 0.29) is 17.8 Å². The molecular weight excluding hydrogens is 284 g/mol. The fraction of sp³-hybridized carbons (Fsp3) is 0.200. The number of anilines is 2. The van der Waals surface area contributed by atoms with E-state index in [0.717, 1.165) is 12.1 Å². The molecule has 0 bridgehead atoms. The summed E-state index contributed by atoms with van der Waals surface area (Å²) in [5.74, 6) is -0.583. The van der Waals surface area contributed by atoms with Crippen molar-refractivity contribution in [2.45, 2.75) is 18.3 Å². The maximum atomic E-state index is 13.5. The molecule has 2 aromatic carbocycles. The second kappa shape index (κ2) is 4.65. The summed E-state index contributed by atoms with van der Waals surface area (Å²) in [5, 5.41) is 4.86. The summed E-state index contributed by atoms with van der Waals surface area (Å²) in [6, 6.07) is 11.8. The fourth-order valence-electron chi connectivity index (χ4n) is 2.45. The molecule has 0 fully saturated rings. The van der Waals surface area contributed by atoms with E-state index in [9.17, 15) is 17.6 Å². The minimum atomic E-state index is -4.54. The Hall–Kier alpha value is -2.24. The average Bonchev–Trinajstić information content (AvgIpc) is 2.78. The second-order valence-electron chi connectivity index (χ2n) is 5.01. The van der Waals surface area contributed by atoms with E-state index in [1.165, 1.54) is 6.07 Å². The SMILES string of the molecule is Fc1ccc2c(c1)NC(Cc1ccccc1)(C(F)(F)F)N2. The molecule has 1 heterocycles. The Morgan fingerprint density at radius 1 is 0.905 bits per heavy atom. The third-order valence-corrected chi connectivity index (χ3v) is 3.47. The molecule has 21 heavy (non-hydrogen) atoms. The summed E-state index contributed by atoms with van der Waals surface area (Å²) in [7, 11) is 0. The van der Waals surface area contributed by atoms with Crippen LogP contribution in [-0.2, 0) is 6.42 Å². The van der Waals surface area contributed by atoms with Crippen molar-refractivity contribution in [3.8, 4) is 0 Å². The summed E-state index contributed by atoms with van der Waals surface area (Å²) in [4.78, 5) is 0. The van der Waals surface area contributed by atoms with E-state index >= 15 is 0 Å². The van der Waals surface area contributed by atoms with Crippen LogP contribution in [0.3, 0.4) is 0 Å². The van der Waals surface area contributed by atoms with Crippen molar-refractivity contribution in [2.24, 2.45) is 0 Å². The predicted molar refractivity (Wildman–Crippen MR) is 72.6 cm³/mol. The highest BCUT2D eigenvalue weighted by Gasteiger charge is 2.58. The summed E-state index contributed by atoms with van der Waals surface area (Å²) >= 11 is 0. The first-order valence-corrected chi connectivity index (χ1v) is 6.36. The van der Waals surface area contributed by atoms with Crippen molar-refractivity contribution in [1.29, 1.82) is 0 Å². The lowest BCUT2D eigenvalue weighted by Gasteiger charge is -2.33. The number of benzene rings is 2. The van der Waals surface area contributed by atoms with Crippen molar-refractivity contribution in [3.05, 3.63) is 59.9 Å². The van der Waals surface area contributed by atoms with Gasteiger partial charge in [0, 0.05) is 6.42 Å². The van der Waals surface area contributed by atoms with E-state index in [1.54, 1.807) is 30.3 Å². The van der Waals surface area contributed by atoms with E-state index in [4.69, 9.17) is 0 Å². The number of halogens is 4. The molecule has 2 N–H and O–H groups in total. The molecule has 0 aliphatic carbocycles. The molecule has 0 spiro atoms. The summed E-state index contributed by atoms with van der Waals surface area (Å²) < 4.78 is 53.8. The Kier molecular flexibility index (Phi) is 3.04. The minimum Gasteiger partial charge on any atom is -0.353 e.